The van der Waals surface area contributed by atoms with Crippen molar-refractivity contribution in [3.05, 3.63) is 30.1 Å². The van der Waals surface area contributed by atoms with Gasteiger partial charge in [-0.1, -0.05) is 26.0 Å². The maximum absolute atomic E-state index is 13.3. The Kier molecular flexibility index (Phi) is 5.41. The smallest absolute Gasteiger partial charge is 0.233 e. The summed E-state index contributed by atoms with van der Waals surface area (Å²) in [6.45, 7) is 3.86. The first-order valence-electron chi connectivity index (χ1n) is 5.59. The van der Waals surface area contributed by atoms with E-state index in [0.717, 1.165) is 0 Å². The molecule has 0 radical (unpaired) electrons. The molecule has 0 N–H and O–H groups in total. The Balaban J connectivity index is 2.66. The lowest BCUT2D eigenvalue weighted by Crippen LogP contribution is -2.24. The molecule has 1 aromatic rings. The first kappa shape index (κ1) is 15.2. The van der Waals surface area contributed by atoms with E-state index in [1.807, 2.05) is 13.8 Å². The topological polar surface area (TPSA) is 43.4 Å². The van der Waals surface area contributed by atoms with Crippen LogP contribution >= 0.6 is 10.7 Å². The molecule has 0 amide bonds. The van der Waals surface area contributed by atoms with Gasteiger partial charge in [-0.2, -0.15) is 0 Å². The minimum atomic E-state index is -3.58. The van der Waals surface area contributed by atoms with Gasteiger partial charge in [0.2, 0.25) is 9.05 Å². The Labute approximate surface area is 111 Å². The van der Waals surface area contributed by atoms with E-state index in [1.54, 1.807) is 12.1 Å². The fourth-order valence-corrected chi connectivity index (χ4v) is 2.93. The van der Waals surface area contributed by atoms with Crippen LogP contribution < -0.4 is 4.74 Å². The lowest BCUT2D eigenvalue weighted by molar-refractivity contribution is 0.217. The van der Waals surface area contributed by atoms with E-state index in [9.17, 15) is 12.8 Å². The fraction of sp³-hybridized carbons (Fsp3) is 0.500. The van der Waals surface area contributed by atoms with Gasteiger partial charge in [0.25, 0.3) is 0 Å². The molecule has 0 aromatic heterocycles. The third kappa shape index (κ3) is 5.23. The highest BCUT2D eigenvalue weighted by Gasteiger charge is 2.21. The molecule has 0 saturated carbocycles. The normalized spacial score (nSPS) is 13.6. The van der Waals surface area contributed by atoms with Gasteiger partial charge in [-0.05, 0) is 18.1 Å². The van der Waals surface area contributed by atoms with Crippen LogP contribution in [0.5, 0.6) is 5.75 Å². The minimum Gasteiger partial charge on any atom is -0.490 e. The maximum atomic E-state index is 13.3. The summed E-state index contributed by atoms with van der Waals surface area (Å²) in [5.74, 6) is -0.720. The van der Waals surface area contributed by atoms with Crippen LogP contribution in [0, 0.1) is 17.7 Å². The zero-order valence-electron chi connectivity index (χ0n) is 10.3. The molecule has 0 fully saturated rings. The zero-order valence-corrected chi connectivity index (χ0v) is 11.8. The van der Waals surface area contributed by atoms with Gasteiger partial charge in [-0.15, -0.1) is 0 Å². The van der Waals surface area contributed by atoms with E-state index in [0.29, 0.717) is 0 Å². The van der Waals surface area contributed by atoms with Crippen molar-refractivity contribution < 1.29 is 17.5 Å². The number of hydrogen-bond donors (Lipinski definition) is 0. The predicted octanol–water partition coefficient (Wildman–Crippen LogP) is 3.05. The maximum Gasteiger partial charge on any atom is 0.233 e. The molecule has 0 bridgehead atoms. The molecule has 1 atom stereocenters. The van der Waals surface area contributed by atoms with Crippen molar-refractivity contribution >= 4 is 19.7 Å². The monoisotopic (exact) mass is 294 g/mol. The molecule has 1 aromatic carbocycles. The Morgan fingerprint density at radius 2 is 1.94 bits per heavy atom. The average Bonchev–Trinajstić information content (AvgIpc) is 2.24. The average molecular weight is 295 g/mol. The molecule has 18 heavy (non-hydrogen) atoms. The second kappa shape index (κ2) is 6.38. The van der Waals surface area contributed by atoms with Crippen LogP contribution in [0.1, 0.15) is 13.8 Å². The molecule has 6 heteroatoms. The quantitative estimate of drug-likeness (QED) is 0.757. The molecular formula is C12H16ClFO3S. The number of rotatable bonds is 6. The molecule has 1 unspecified atom stereocenters. The highest BCUT2D eigenvalue weighted by molar-refractivity contribution is 8.13. The van der Waals surface area contributed by atoms with Crippen LogP contribution in [-0.4, -0.2) is 20.8 Å². The fourth-order valence-electron chi connectivity index (χ4n) is 1.45. The third-order valence-electron chi connectivity index (χ3n) is 2.65. The molecule has 3 nitrogen and oxygen atoms in total. The van der Waals surface area contributed by atoms with Crippen molar-refractivity contribution in [2.24, 2.45) is 11.8 Å². The summed E-state index contributed by atoms with van der Waals surface area (Å²) >= 11 is 0. The molecule has 0 spiro atoms. The number of hydrogen-bond acceptors (Lipinski definition) is 3. The lowest BCUT2D eigenvalue weighted by atomic mass is 9.99. The Morgan fingerprint density at radius 1 is 1.33 bits per heavy atom. The van der Waals surface area contributed by atoms with Crippen LogP contribution in [-0.2, 0) is 9.05 Å². The van der Waals surface area contributed by atoms with Gasteiger partial charge in [0, 0.05) is 16.6 Å². The van der Waals surface area contributed by atoms with E-state index in [4.69, 9.17) is 15.4 Å². The summed E-state index contributed by atoms with van der Waals surface area (Å²) in [6.07, 6.45) is 0. The molecule has 0 aliphatic heterocycles. The summed E-state index contributed by atoms with van der Waals surface area (Å²) in [4.78, 5) is 0. The number of ether oxygens (including phenoxy) is 1. The summed E-state index contributed by atoms with van der Waals surface area (Å²) in [6, 6.07) is 6.01. The third-order valence-corrected chi connectivity index (χ3v) is 3.85. The van der Waals surface area contributed by atoms with Gasteiger partial charge in [0.15, 0.2) is 11.6 Å². The van der Waals surface area contributed by atoms with Crippen LogP contribution in [0.2, 0.25) is 0 Å². The van der Waals surface area contributed by atoms with Gasteiger partial charge in [0.1, 0.15) is 0 Å². The van der Waals surface area contributed by atoms with Gasteiger partial charge < -0.3 is 4.74 Å². The van der Waals surface area contributed by atoms with Gasteiger partial charge in [-0.3, -0.25) is 0 Å². The Hall–Kier alpha value is -0.810. The van der Waals surface area contributed by atoms with Gasteiger partial charge >= 0.3 is 0 Å². The highest BCUT2D eigenvalue weighted by atomic mass is 35.7. The zero-order chi connectivity index (χ0) is 13.8. The SMILES string of the molecule is CC(C)C(COc1ccccc1F)CS(=O)(=O)Cl. The predicted molar refractivity (Wildman–Crippen MR) is 69.9 cm³/mol. The van der Waals surface area contributed by atoms with E-state index < -0.39 is 14.9 Å². The Morgan fingerprint density at radius 3 is 2.44 bits per heavy atom. The van der Waals surface area contributed by atoms with Crippen molar-refractivity contribution in [1.82, 2.24) is 0 Å². The second-order valence-corrected chi connectivity index (χ2v) is 7.27. The van der Waals surface area contributed by atoms with Crippen molar-refractivity contribution in [2.45, 2.75) is 13.8 Å². The molecule has 0 heterocycles. The van der Waals surface area contributed by atoms with Gasteiger partial charge in [0.05, 0.1) is 12.4 Å². The second-order valence-electron chi connectivity index (χ2n) is 4.45. The van der Waals surface area contributed by atoms with Crippen LogP contribution in [0.25, 0.3) is 0 Å². The van der Waals surface area contributed by atoms with Crippen LogP contribution in [0.15, 0.2) is 24.3 Å². The van der Waals surface area contributed by atoms with Gasteiger partial charge in [-0.25, -0.2) is 12.8 Å². The highest BCUT2D eigenvalue weighted by Crippen LogP contribution is 2.20. The number of benzene rings is 1. The van der Waals surface area contributed by atoms with Crippen molar-refractivity contribution in [2.75, 3.05) is 12.4 Å². The molecule has 1 rings (SSSR count). The van der Waals surface area contributed by atoms with E-state index >= 15 is 0 Å². The lowest BCUT2D eigenvalue weighted by Gasteiger charge is -2.19. The Bertz CT molecular complexity index is 488. The summed E-state index contributed by atoms with van der Waals surface area (Å²) in [7, 11) is 1.64. The van der Waals surface area contributed by atoms with Crippen molar-refractivity contribution in [3.8, 4) is 5.75 Å². The molecule has 0 aliphatic rings. The largest absolute Gasteiger partial charge is 0.490 e. The van der Waals surface area contributed by atoms with Crippen molar-refractivity contribution in [3.63, 3.8) is 0 Å². The van der Waals surface area contributed by atoms with Crippen LogP contribution in [0.4, 0.5) is 4.39 Å². The molecule has 102 valence electrons. The summed E-state index contributed by atoms with van der Waals surface area (Å²) in [5, 5.41) is 0. The van der Waals surface area contributed by atoms with E-state index in [2.05, 4.69) is 0 Å². The van der Waals surface area contributed by atoms with Crippen molar-refractivity contribution in [1.29, 1.82) is 0 Å². The van der Waals surface area contributed by atoms with E-state index in [1.165, 1.54) is 12.1 Å². The summed E-state index contributed by atoms with van der Waals surface area (Å²) in [5.41, 5.74) is 0. The molecule has 0 aliphatic carbocycles. The van der Waals surface area contributed by atoms with E-state index in [-0.39, 0.29) is 29.9 Å². The minimum absolute atomic E-state index is 0.0744. The first-order chi connectivity index (χ1) is 8.29. The van der Waals surface area contributed by atoms with Crippen LogP contribution in [0.3, 0.4) is 0 Å². The number of para-hydroxylation sites is 1. The first-order valence-corrected chi connectivity index (χ1v) is 8.07. The molecule has 0 saturated heterocycles. The standard InChI is InChI=1S/C12H16ClFO3S/c1-9(2)10(8-18(13,15)16)7-17-12-6-4-3-5-11(12)14/h3-6,9-10H,7-8H2,1-2H3. The number of halogens is 2. The molecular weight excluding hydrogens is 279 g/mol. The summed E-state index contributed by atoms with van der Waals surface area (Å²) < 4.78 is 40.7.